The van der Waals surface area contributed by atoms with Gasteiger partial charge in [0.15, 0.2) is 0 Å². The van der Waals surface area contributed by atoms with E-state index >= 15 is 0 Å². The summed E-state index contributed by atoms with van der Waals surface area (Å²) in [6.45, 7) is 2.30. The highest BCUT2D eigenvalue weighted by Gasteiger charge is 2.12. The molecule has 1 aromatic carbocycles. The van der Waals surface area contributed by atoms with E-state index in [0.717, 1.165) is 34.9 Å². The molecule has 4 N–H and O–H groups in total. The highest BCUT2D eigenvalue weighted by molar-refractivity contribution is 5.90. The smallest absolute Gasteiger partial charge is 0.143 e. The molecular weight excluding hydrogens is 320 g/mol. The van der Waals surface area contributed by atoms with E-state index in [9.17, 15) is 5.26 Å². The first kappa shape index (κ1) is 17.0. The van der Waals surface area contributed by atoms with Gasteiger partial charge in [-0.25, -0.2) is 0 Å². The van der Waals surface area contributed by atoms with Gasteiger partial charge in [0.2, 0.25) is 0 Å². The number of nitrogens with two attached hydrogens (primary N) is 1. The molecule has 0 amide bonds. The molecule has 2 aromatic heterocycles. The summed E-state index contributed by atoms with van der Waals surface area (Å²) in [5, 5.41) is 23.7. The zero-order valence-corrected chi connectivity index (χ0v) is 13.8. The van der Waals surface area contributed by atoms with Crippen LogP contribution in [0.4, 0.5) is 0 Å². The Labute approximate surface area is 144 Å². The van der Waals surface area contributed by atoms with Gasteiger partial charge in [0.05, 0.1) is 29.9 Å². The minimum absolute atomic E-state index is 0.410. The maximum absolute atomic E-state index is 9.18. The first-order valence-corrected chi connectivity index (χ1v) is 8.15. The normalized spacial score (nSPS) is 10.9. The molecule has 0 atom stereocenters. The number of rotatable bonds is 9. The number of hydrogen-bond donors (Lipinski definition) is 3. The maximum atomic E-state index is 9.18. The molecule has 0 fully saturated rings. The number of aromatic amines is 2. The van der Waals surface area contributed by atoms with Crippen LogP contribution in [0.25, 0.3) is 22.0 Å². The Hall–Kier alpha value is -2.89. The summed E-state index contributed by atoms with van der Waals surface area (Å²) in [5.41, 5.74) is 8.25. The molecule has 0 aliphatic rings. The van der Waals surface area contributed by atoms with Gasteiger partial charge in [0.25, 0.3) is 0 Å². The van der Waals surface area contributed by atoms with Crippen LogP contribution in [0.1, 0.15) is 18.5 Å². The number of fused-ring (bicyclic) bond motifs is 1. The maximum Gasteiger partial charge on any atom is 0.143 e. The van der Waals surface area contributed by atoms with Crippen molar-refractivity contribution in [2.45, 2.75) is 12.8 Å². The molecule has 0 radical (unpaired) electrons. The highest BCUT2D eigenvalue weighted by atomic mass is 16.5. The number of unbranched alkanes of at least 4 members (excludes halogenated alkanes) is 1. The molecule has 0 aliphatic carbocycles. The van der Waals surface area contributed by atoms with E-state index in [2.05, 4.69) is 26.5 Å². The van der Waals surface area contributed by atoms with Crippen molar-refractivity contribution in [3.05, 3.63) is 30.2 Å². The molecule has 25 heavy (non-hydrogen) atoms. The van der Waals surface area contributed by atoms with Crippen LogP contribution in [0.3, 0.4) is 0 Å². The van der Waals surface area contributed by atoms with E-state index in [0.29, 0.717) is 37.8 Å². The second-order valence-corrected chi connectivity index (χ2v) is 5.53. The number of benzene rings is 1. The molecule has 0 bridgehead atoms. The van der Waals surface area contributed by atoms with Gasteiger partial charge in [-0.05, 0) is 37.1 Å². The average molecular weight is 340 g/mol. The predicted molar refractivity (Wildman–Crippen MR) is 93.0 cm³/mol. The van der Waals surface area contributed by atoms with Gasteiger partial charge in [-0.1, -0.05) is 0 Å². The second-order valence-electron chi connectivity index (χ2n) is 5.53. The summed E-state index contributed by atoms with van der Waals surface area (Å²) in [7, 11) is 0. The first-order valence-electron chi connectivity index (χ1n) is 8.15. The van der Waals surface area contributed by atoms with E-state index < -0.39 is 0 Å². The summed E-state index contributed by atoms with van der Waals surface area (Å²) in [5.74, 6) is 0.692. The Morgan fingerprint density at radius 2 is 1.96 bits per heavy atom. The van der Waals surface area contributed by atoms with E-state index in [4.69, 9.17) is 15.2 Å². The van der Waals surface area contributed by atoms with Crippen molar-refractivity contribution in [3.8, 4) is 22.9 Å². The van der Waals surface area contributed by atoms with E-state index in [-0.39, 0.29) is 0 Å². The zero-order valence-electron chi connectivity index (χ0n) is 13.8. The average Bonchev–Trinajstić information content (AvgIpc) is 3.29. The third-order valence-corrected chi connectivity index (χ3v) is 3.81. The van der Waals surface area contributed by atoms with Crippen LogP contribution in [0.15, 0.2) is 24.5 Å². The van der Waals surface area contributed by atoms with Crippen LogP contribution in [-0.2, 0) is 4.74 Å². The minimum Gasteiger partial charge on any atom is -0.490 e. The Balaban J connectivity index is 1.72. The van der Waals surface area contributed by atoms with Gasteiger partial charge in [0.1, 0.15) is 24.1 Å². The molecule has 2 heterocycles. The lowest BCUT2D eigenvalue weighted by Crippen LogP contribution is -2.09. The van der Waals surface area contributed by atoms with Crippen LogP contribution < -0.4 is 10.5 Å². The van der Waals surface area contributed by atoms with Gasteiger partial charge in [0, 0.05) is 12.2 Å². The van der Waals surface area contributed by atoms with Gasteiger partial charge in [-0.15, -0.1) is 0 Å². The van der Waals surface area contributed by atoms with E-state index in [1.54, 1.807) is 12.4 Å². The van der Waals surface area contributed by atoms with E-state index in [1.807, 2.05) is 12.1 Å². The lowest BCUT2D eigenvalue weighted by atomic mass is 10.0. The number of nitriles is 1. The Bertz CT molecular complexity index is 864. The third kappa shape index (κ3) is 3.96. The number of H-pyrrole nitrogens is 2. The monoisotopic (exact) mass is 340 g/mol. The molecule has 0 saturated heterocycles. The standard InChI is InChI=1S/C17H20N6O2/c18-3-1-2-4-24-5-6-25-17-8-12(7-15-14(17)11-21-22-15)13-10-20-23-16(13)9-19/h7-8,10-11H,1-6,18H2,(H,20,23)(H,21,22). The summed E-state index contributed by atoms with van der Waals surface area (Å²) in [4.78, 5) is 0. The van der Waals surface area contributed by atoms with Gasteiger partial charge < -0.3 is 15.2 Å². The molecule has 0 unspecified atom stereocenters. The molecule has 0 saturated carbocycles. The molecule has 0 spiro atoms. The largest absolute Gasteiger partial charge is 0.490 e. The quantitative estimate of drug-likeness (QED) is 0.511. The SMILES string of the molecule is N#Cc1[nH]ncc1-c1cc(OCCOCCCCN)c2cn[nH]c2c1. The first-order chi connectivity index (χ1) is 12.3. The van der Waals surface area contributed by atoms with Crippen LogP contribution in [0, 0.1) is 11.3 Å². The number of nitrogens with one attached hydrogen (secondary N) is 2. The lowest BCUT2D eigenvalue weighted by molar-refractivity contribution is 0.0982. The lowest BCUT2D eigenvalue weighted by Gasteiger charge is -2.10. The number of ether oxygens (including phenoxy) is 2. The highest BCUT2D eigenvalue weighted by Crippen LogP contribution is 2.32. The molecule has 8 nitrogen and oxygen atoms in total. The second kappa shape index (κ2) is 8.28. The predicted octanol–water partition coefficient (Wildman–Crippen LogP) is 1.96. The van der Waals surface area contributed by atoms with Crippen molar-refractivity contribution < 1.29 is 9.47 Å². The van der Waals surface area contributed by atoms with Crippen LogP contribution in [-0.4, -0.2) is 46.8 Å². The summed E-state index contributed by atoms with van der Waals surface area (Å²) < 4.78 is 11.4. The zero-order chi connectivity index (χ0) is 17.5. The Morgan fingerprint density at radius 3 is 2.80 bits per heavy atom. The van der Waals surface area contributed by atoms with Crippen molar-refractivity contribution in [2.24, 2.45) is 5.73 Å². The summed E-state index contributed by atoms with van der Waals surface area (Å²) in [6.07, 6.45) is 5.26. The molecule has 8 heteroatoms. The minimum atomic E-state index is 0.410. The van der Waals surface area contributed by atoms with Crippen molar-refractivity contribution >= 4 is 10.9 Å². The fourth-order valence-electron chi connectivity index (χ4n) is 2.54. The molecule has 3 aromatic rings. The van der Waals surface area contributed by atoms with Gasteiger partial charge in [-0.2, -0.15) is 15.5 Å². The topological polar surface area (TPSA) is 126 Å². The van der Waals surface area contributed by atoms with Crippen molar-refractivity contribution in [3.63, 3.8) is 0 Å². The fourth-order valence-corrected chi connectivity index (χ4v) is 2.54. The van der Waals surface area contributed by atoms with Gasteiger partial charge >= 0.3 is 0 Å². The molecular formula is C17H20N6O2. The van der Waals surface area contributed by atoms with Crippen molar-refractivity contribution in [2.75, 3.05) is 26.4 Å². The van der Waals surface area contributed by atoms with Crippen molar-refractivity contribution in [1.29, 1.82) is 5.26 Å². The molecule has 0 aliphatic heterocycles. The third-order valence-electron chi connectivity index (χ3n) is 3.81. The number of hydrogen-bond acceptors (Lipinski definition) is 6. The number of nitrogens with zero attached hydrogens (tertiary/aromatic N) is 3. The van der Waals surface area contributed by atoms with Gasteiger partial charge in [-0.3, -0.25) is 10.2 Å². The Kier molecular flexibility index (Phi) is 5.61. The summed E-state index contributed by atoms with van der Waals surface area (Å²) in [6, 6.07) is 5.91. The fraction of sp³-hybridized carbons (Fsp3) is 0.353. The Morgan fingerprint density at radius 1 is 1.08 bits per heavy atom. The van der Waals surface area contributed by atoms with Crippen molar-refractivity contribution in [1.82, 2.24) is 20.4 Å². The molecule has 130 valence electrons. The molecule has 3 rings (SSSR count). The summed E-state index contributed by atoms with van der Waals surface area (Å²) >= 11 is 0. The number of aromatic nitrogens is 4. The van der Waals surface area contributed by atoms with Crippen LogP contribution >= 0.6 is 0 Å². The van der Waals surface area contributed by atoms with Crippen LogP contribution in [0.5, 0.6) is 5.75 Å². The van der Waals surface area contributed by atoms with E-state index in [1.165, 1.54) is 0 Å². The van der Waals surface area contributed by atoms with Crippen LogP contribution in [0.2, 0.25) is 0 Å².